The van der Waals surface area contributed by atoms with E-state index in [1.807, 2.05) is 43.1 Å². The molecule has 23 heavy (non-hydrogen) atoms. The normalized spacial score (nSPS) is 21.8. The third kappa shape index (κ3) is 4.58. The van der Waals surface area contributed by atoms with E-state index in [9.17, 15) is 4.79 Å². The first-order valence-corrected chi connectivity index (χ1v) is 8.17. The van der Waals surface area contributed by atoms with Gasteiger partial charge in [-0.25, -0.2) is 0 Å². The fourth-order valence-electron chi connectivity index (χ4n) is 3.09. The molecule has 4 heteroatoms. The predicted octanol–water partition coefficient (Wildman–Crippen LogP) is 3.51. The second-order valence-corrected chi connectivity index (χ2v) is 6.17. The standard InChI is InChI=1S/C19H27NO3/c1-14(15-6-5-7-18(13-15)23-4)12-19(21)20(2)16-8-10-17(22-3)11-9-16/h5-7,12-13,16-17H,8-11H2,1-4H3/b14-12-. The summed E-state index contributed by atoms with van der Waals surface area (Å²) in [6.45, 7) is 1.96. The molecule has 4 nitrogen and oxygen atoms in total. The summed E-state index contributed by atoms with van der Waals surface area (Å²) in [5, 5.41) is 0. The van der Waals surface area contributed by atoms with Crippen molar-refractivity contribution in [3.8, 4) is 5.75 Å². The molecule has 1 saturated carbocycles. The zero-order chi connectivity index (χ0) is 16.8. The molecule has 126 valence electrons. The van der Waals surface area contributed by atoms with Crippen LogP contribution in [0.5, 0.6) is 5.75 Å². The second-order valence-electron chi connectivity index (χ2n) is 6.17. The molecule has 0 spiro atoms. The van der Waals surface area contributed by atoms with Gasteiger partial charge in [0.15, 0.2) is 0 Å². The van der Waals surface area contributed by atoms with E-state index in [-0.39, 0.29) is 5.91 Å². The van der Waals surface area contributed by atoms with Gasteiger partial charge in [0.1, 0.15) is 5.75 Å². The van der Waals surface area contributed by atoms with E-state index in [1.165, 1.54) is 0 Å². The van der Waals surface area contributed by atoms with Crippen molar-refractivity contribution in [2.24, 2.45) is 0 Å². The molecule has 0 aliphatic heterocycles. The van der Waals surface area contributed by atoms with E-state index in [0.717, 1.165) is 42.6 Å². The summed E-state index contributed by atoms with van der Waals surface area (Å²) >= 11 is 0. The first-order chi connectivity index (χ1) is 11.0. The van der Waals surface area contributed by atoms with Crippen molar-refractivity contribution in [1.82, 2.24) is 4.90 Å². The molecule has 0 aromatic heterocycles. The molecule has 0 atom stereocenters. The number of hydrogen-bond acceptors (Lipinski definition) is 3. The van der Waals surface area contributed by atoms with Crippen LogP contribution < -0.4 is 4.74 Å². The first kappa shape index (κ1) is 17.5. The van der Waals surface area contributed by atoms with Crippen LogP contribution >= 0.6 is 0 Å². The molecular formula is C19H27NO3. The fraction of sp³-hybridized carbons (Fsp3) is 0.526. The summed E-state index contributed by atoms with van der Waals surface area (Å²) in [5.74, 6) is 0.861. The zero-order valence-corrected chi connectivity index (χ0v) is 14.5. The molecule has 0 bridgehead atoms. The lowest BCUT2D eigenvalue weighted by atomic mass is 9.92. The Labute approximate surface area is 139 Å². The largest absolute Gasteiger partial charge is 0.497 e. The molecule has 0 unspecified atom stereocenters. The molecule has 1 amide bonds. The molecule has 1 aromatic carbocycles. The number of hydrogen-bond donors (Lipinski definition) is 0. The molecule has 0 N–H and O–H groups in total. The Kier molecular flexibility index (Phi) is 6.22. The molecule has 1 aromatic rings. The quantitative estimate of drug-likeness (QED) is 0.780. The lowest BCUT2D eigenvalue weighted by Gasteiger charge is -2.33. The molecule has 0 saturated heterocycles. The van der Waals surface area contributed by atoms with Gasteiger partial charge in [-0.1, -0.05) is 12.1 Å². The van der Waals surface area contributed by atoms with Crippen molar-refractivity contribution in [3.63, 3.8) is 0 Å². The summed E-state index contributed by atoms with van der Waals surface area (Å²) in [7, 11) is 5.31. The number of ether oxygens (including phenoxy) is 2. The van der Waals surface area contributed by atoms with Crippen LogP contribution in [0.3, 0.4) is 0 Å². The Balaban J connectivity index is 2.01. The number of rotatable bonds is 5. The van der Waals surface area contributed by atoms with E-state index >= 15 is 0 Å². The Morgan fingerprint density at radius 2 is 1.91 bits per heavy atom. The number of amides is 1. The maximum Gasteiger partial charge on any atom is 0.246 e. The highest BCUT2D eigenvalue weighted by atomic mass is 16.5. The lowest BCUT2D eigenvalue weighted by Crippen LogP contribution is -2.39. The number of benzene rings is 1. The minimum absolute atomic E-state index is 0.0613. The molecule has 1 aliphatic rings. The van der Waals surface area contributed by atoms with Gasteiger partial charge in [-0.3, -0.25) is 4.79 Å². The van der Waals surface area contributed by atoms with Crippen molar-refractivity contribution >= 4 is 11.5 Å². The van der Waals surface area contributed by atoms with Gasteiger partial charge < -0.3 is 14.4 Å². The number of carbonyl (C=O) groups is 1. The summed E-state index contributed by atoms with van der Waals surface area (Å²) in [5.41, 5.74) is 1.96. The van der Waals surface area contributed by atoms with Crippen LogP contribution in [0.1, 0.15) is 38.2 Å². The molecule has 0 heterocycles. The maximum atomic E-state index is 12.5. The molecule has 1 aliphatic carbocycles. The number of nitrogens with zero attached hydrogens (tertiary/aromatic N) is 1. The zero-order valence-electron chi connectivity index (χ0n) is 14.5. The minimum atomic E-state index is 0.0613. The van der Waals surface area contributed by atoms with Crippen molar-refractivity contribution in [2.45, 2.75) is 44.8 Å². The third-order valence-corrected chi connectivity index (χ3v) is 4.74. The Morgan fingerprint density at radius 3 is 2.52 bits per heavy atom. The van der Waals surface area contributed by atoms with Crippen LogP contribution in [0.15, 0.2) is 30.3 Å². The van der Waals surface area contributed by atoms with E-state index in [2.05, 4.69) is 0 Å². The third-order valence-electron chi connectivity index (χ3n) is 4.74. The van der Waals surface area contributed by atoms with Crippen LogP contribution in [-0.4, -0.2) is 44.2 Å². The smallest absolute Gasteiger partial charge is 0.246 e. The first-order valence-electron chi connectivity index (χ1n) is 8.17. The van der Waals surface area contributed by atoms with Crippen LogP contribution in [0.2, 0.25) is 0 Å². The highest BCUT2D eigenvalue weighted by Crippen LogP contribution is 2.25. The minimum Gasteiger partial charge on any atom is -0.497 e. The van der Waals surface area contributed by atoms with Gasteiger partial charge in [-0.2, -0.15) is 0 Å². The predicted molar refractivity (Wildman–Crippen MR) is 92.5 cm³/mol. The topological polar surface area (TPSA) is 38.8 Å². The Morgan fingerprint density at radius 1 is 1.22 bits per heavy atom. The van der Waals surface area contributed by atoms with Crippen LogP contribution in [0, 0.1) is 0 Å². The van der Waals surface area contributed by atoms with E-state index < -0.39 is 0 Å². The monoisotopic (exact) mass is 317 g/mol. The van der Waals surface area contributed by atoms with Gasteiger partial charge in [0, 0.05) is 26.3 Å². The number of carbonyl (C=O) groups excluding carboxylic acids is 1. The lowest BCUT2D eigenvalue weighted by molar-refractivity contribution is -0.127. The average Bonchev–Trinajstić information content (AvgIpc) is 2.61. The van der Waals surface area contributed by atoms with Gasteiger partial charge in [0.05, 0.1) is 13.2 Å². The second kappa shape index (κ2) is 8.16. The summed E-state index contributed by atoms with van der Waals surface area (Å²) in [6.07, 6.45) is 6.13. The summed E-state index contributed by atoms with van der Waals surface area (Å²) < 4.78 is 10.6. The van der Waals surface area contributed by atoms with Gasteiger partial charge >= 0.3 is 0 Å². The molecule has 0 radical (unpaired) electrons. The maximum absolute atomic E-state index is 12.5. The number of likely N-dealkylation sites (N-methyl/N-ethyl adjacent to an activating group) is 1. The summed E-state index contributed by atoms with van der Waals surface area (Å²) in [6, 6.07) is 8.09. The van der Waals surface area contributed by atoms with Crippen LogP contribution in [0.4, 0.5) is 0 Å². The fourth-order valence-corrected chi connectivity index (χ4v) is 3.09. The molecule has 1 fully saturated rings. The summed E-state index contributed by atoms with van der Waals surface area (Å²) in [4.78, 5) is 14.4. The van der Waals surface area contributed by atoms with E-state index in [1.54, 1.807) is 20.3 Å². The SMILES string of the molecule is COc1cccc(/C(C)=C\C(=O)N(C)C2CCC(OC)CC2)c1. The van der Waals surface area contributed by atoms with Gasteiger partial charge in [-0.15, -0.1) is 0 Å². The number of allylic oxidation sites excluding steroid dienone is 1. The highest BCUT2D eigenvalue weighted by Gasteiger charge is 2.25. The Hall–Kier alpha value is -1.81. The van der Waals surface area contributed by atoms with E-state index in [0.29, 0.717) is 12.1 Å². The van der Waals surface area contributed by atoms with Crippen LogP contribution in [0.25, 0.3) is 5.57 Å². The molecular weight excluding hydrogens is 290 g/mol. The van der Waals surface area contributed by atoms with Gasteiger partial charge in [0.25, 0.3) is 0 Å². The van der Waals surface area contributed by atoms with Gasteiger partial charge in [0.2, 0.25) is 5.91 Å². The van der Waals surface area contributed by atoms with Crippen molar-refractivity contribution < 1.29 is 14.3 Å². The van der Waals surface area contributed by atoms with Gasteiger partial charge in [-0.05, 0) is 55.9 Å². The van der Waals surface area contributed by atoms with Crippen molar-refractivity contribution in [2.75, 3.05) is 21.3 Å². The van der Waals surface area contributed by atoms with Crippen molar-refractivity contribution in [3.05, 3.63) is 35.9 Å². The number of methoxy groups -OCH3 is 2. The Bertz CT molecular complexity index is 559. The van der Waals surface area contributed by atoms with E-state index in [4.69, 9.17) is 9.47 Å². The average molecular weight is 317 g/mol. The molecule has 2 rings (SSSR count). The van der Waals surface area contributed by atoms with Crippen LogP contribution in [-0.2, 0) is 9.53 Å². The highest BCUT2D eigenvalue weighted by molar-refractivity contribution is 5.95. The van der Waals surface area contributed by atoms with Crippen molar-refractivity contribution in [1.29, 1.82) is 0 Å².